The minimum atomic E-state index is -0.944. The van der Waals surface area contributed by atoms with Gasteiger partial charge in [0.2, 0.25) is 0 Å². The van der Waals surface area contributed by atoms with Crippen LogP contribution in [-0.2, 0) is 14.3 Å². The molecule has 2 fully saturated rings. The third-order valence-electron chi connectivity index (χ3n) is 5.50. The molecule has 0 radical (unpaired) electrons. The number of hydrogen-bond donors (Lipinski definition) is 1. The third-order valence-corrected chi connectivity index (χ3v) is 5.50. The standard InChI is InChI=1S/C20H23FN2O6/c1-12-5-7-20(8-6-12)18(26)23(19(27)22-20)10-17(25)29-11-15(24)13-3-4-16(28-2)14(21)9-13/h3-4,9,12H,5-8,10-11H2,1-2H3,(H,22,27). The van der Waals surface area contributed by atoms with Gasteiger partial charge in [-0.25, -0.2) is 9.18 Å². The fourth-order valence-corrected chi connectivity index (χ4v) is 3.66. The number of imide groups is 1. The van der Waals surface area contributed by atoms with E-state index in [1.807, 2.05) is 0 Å². The number of carbonyl (C=O) groups is 4. The van der Waals surface area contributed by atoms with Gasteiger partial charge >= 0.3 is 12.0 Å². The van der Waals surface area contributed by atoms with E-state index in [0.29, 0.717) is 18.8 Å². The molecule has 1 spiro atoms. The van der Waals surface area contributed by atoms with E-state index < -0.39 is 48.2 Å². The van der Waals surface area contributed by atoms with E-state index in [2.05, 4.69) is 12.2 Å². The van der Waals surface area contributed by atoms with Crippen molar-refractivity contribution in [3.8, 4) is 5.75 Å². The largest absolute Gasteiger partial charge is 0.494 e. The number of benzene rings is 1. The number of ether oxygens (including phenoxy) is 2. The second-order valence-electron chi connectivity index (χ2n) is 7.52. The first-order chi connectivity index (χ1) is 13.8. The molecule has 3 rings (SSSR count). The van der Waals surface area contributed by atoms with Crippen molar-refractivity contribution in [2.45, 2.75) is 38.1 Å². The van der Waals surface area contributed by atoms with Gasteiger partial charge in [-0.15, -0.1) is 0 Å². The number of amides is 3. The van der Waals surface area contributed by atoms with E-state index in [1.165, 1.54) is 19.2 Å². The fraction of sp³-hybridized carbons (Fsp3) is 0.500. The zero-order valence-corrected chi connectivity index (χ0v) is 16.3. The molecule has 1 aliphatic heterocycles. The van der Waals surface area contributed by atoms with Gasteiger partial charge in [0.15, 0.2) is 24.0 Å². The molecule has 3 amide bonds. The maximum absolute atomic E-state index is 13.7. The van der Waals surface area contributed by atoms with Gasteiger partial charge in [-0.05, 0) is 49.8 Å². The van der Waals surface area contributed by atoms with Gasteiger partial charge < -0.3 is 14.8 Å². The summed E-state index contributed by atoms with van der Waals surface area (Å²) in [5, 5.41) is 2.71. The van der Waals surface area contributed by atoms with Crippen molar-refractivity contribution in [1.29, 1.82) is 0 Å². The SMILES string of the molecule is COc1ccc(C(=O)COC(=O)CN2C(=O)NC3(CCC(C)CC3)C2=O)cc1F. The normalized spacial score (nSPS) is 23.8. The molecule has 0 aromatic heterocycles. The van der Waals surface area contributed by atoms with E-state index in [0.717, 1.165) is 23.8 Å². The number of Topliss-reactive ketones (excluding diaryl/α,β-unsaturated/α-hetero) is 1. The van der Waals surface area contributed by atoms with Gasteiger partial charge in [0.1, 0.15) is 12.1 Å². The van der Waals surface area contributed by atoms with Crippen LogP contribution in [0.25, 0.3) is 0 Å². The Hall–Kier alpha value is -2.97. The number of esters is 1. The summed E-state index contributed by atoms with van der Waals surface area (Å²) in [7, 11) is 1.30. The zero-order chi connectivity index (χ0) is 21.2. The quantitative estimate of drug-likeness (QED) is 0.441. The number of hydrogen-bond acceptors (Lipinski definition) is 6. The van der Waals surface area contributed by atoms with Gasteiger partial charge in [0, 0.05) is 5.56 Å². The highest BCUT2D eigenvalue weighted by atomic mass is 19.1. The highest BCUT2D eigenvalue weighted by molar-refractivity contribution is 6.09. The van der Waals surface area contributed by atoms with Crippen molar-refractivity contribution in [2.75, 3.05) is 20.3 Å². The van der Waals surface area contributed by atoms with Crippen LogP contribution in [0.4, 0.5) is 9.18 Å². The van der Waals surface area contributed by atoms with Crippen molar-refractivity contribution < 1.29 is 33.0 Å². The van der Waals surface area contributed by atoms with Gasteiger partial charge in [0.05, 0.1) is 7.11 Å². The molecule has 9 heteroatoms. The summed E-state index contributed by atoms with van der Waals surface area (Å²) in [5.41, 5.74) is -0.929. The Morgan fingerprint density at radius 1 is 1.28 bits per heavy atom. The minimum Gasteiger partial charge on any atom is -0.494 e. The number of urea groups is 1. The smallest absolute Gasteiger partial charge is 0.326 e. The summed E-state index contributed by atoms with van der Waals surface area (Å²) < 4.78 is 23.4. The maximum atomic E-state index is 13.7. The number of rotatable bonds is 6. The van der Waals surface area contributed by atoms with E-state index in [4.69, 9.17) is 9.47 Å². The minimum absolute atomic E-state index is 0.0110. The summed E-state index contributed by atoms with van der Waals surface area (Å²) in [4.78, 5) is 49.9. The lowest BCUT2D eigenvalue weighted by molar-refractivity contribution is -0.147. The van der Waals surface area contributed by atoms with Crippen LogP contribution in [0.15, 0.2) is 18.2 Å². The number of methoxy groups -OCH3 is 1. The molecule has 1 aromatic rings. The van der Waals surface area contributed by atoms with E-state index in [-0.39, 0.29) is 11.3 Å². The molecule has 8 nitrogen and oxygen atoms in total. The summed E-state index contributed by atoms with van der Waals surface area (Å²) in [6.45, 7) is 0.887. The molecule has 1 heterocycles. The lowest BCUT2D eigenvalue weighted by Crippen LogP contribution is -2.49. The van der Waals surface area contributed by atoms with Crippen LogP contribution < -0.4 is 10.1 Å². The Balaban J connectivity index is 1.55. The number of nitrogens with one attached hydrogen (secondary N) is 1. The van der Waals surface area contributed by atoms with Gasteiger partial charge in [-0.2, -0.15) is 0 Å². The van der Waals surface area contributed by atoms with Crippen LogP contribution in [0.2, 0.25) is 0 Å². The van der Waals surface area contributed by atoms with E-state index >= 15 is 0 Å². The first-order valence-corrected chi connectivity index (χ1v) is 9.42. The monoisotopic (exact) mass is 406 g/mol. The Morgan fingerprint density at radius 2 is 1.97 bits per heavy atom. The summed E-state index contributed by atoms with van der Waals surface area (Å²) in [5.74, 6) is -2.18. The summed E-state index contributed by atoms with van der Waals surface area (Å²) in [6, 6.07) is 3.00. The molecule has 29 heavy (non-hydrogen) atoms. The van der Waals surface area contributed by atoms with E-state index in [1.54, 1.807) is 0 Å². The maximum Gasteiger partial charge on any atom is 0.326 e. The third kappa shape index (κ3) is 4.23. The average Bonchev–Trinajstić information content (AvgIpc) is 2.92. The zero-order valence-electron chi connectivity index (χ0n) is 16.3. The van der Waals surface area contributed by atoms with Crippen LogP contribution in [0, 0.1) is 11.7 Å². The van der Waals surface area contributed by atoms with Crippen molar-refractivity contribution in [3.63, 3.8) is 0 Å². The number of nitrogens with zero attached hydrogens (tertiary/aromatic N) is 1. The molecule has 2 aliphatic rings. The van der Waals surface area contributed by atoms with Gasteiger partial charge in [0.25, 0.3) is 5.91 Å². The molecule has 0 bridgehead atoms. The van der Waals surface area contributed by atoms with Crippen LogP contribution >= 0.6 is 0 Å². The Kier molecular flexibility index (Phi) is 5.86. The molecule has 1 aromatic carbocycles. The van der Waals surface area contributed by atoms with Crippen molar-refractivity contribution >= 4 is 23.7 Å². The van der Waals surface area contributed by atoms with Crippen LogP contribution in [0.1, 0.15) is 43.0 Å². The summed E-state index contributed by atoms with van der Waals surface area (Å²) in [6.07, 6.45) is 2.70. The van der Waals surface area contributed by atoms with Crippen LogP contribution in [-0.4, -0.2) is 54.4 Å². The second-order valence-corrected chi connectivity index (χ2v) is 7.52. The highest BCUT2D eigenvalue weighted by Gasteiger charge is 2.52. The Labute approximate surface area is 167 Å². The molecule has 1 saturated heterocycles. The molecular formula is C20H23FN2O6. The van der Waals surface area contributed by atoms with Crippen molar-refractivity contribution in [1.82, 2.24) is 10.2 Å². The second kappa shape index (κ2) is 8.18. The van der Waals surface area contributed by atoms with Gasteiger partial charge in [-0.3, -0.25) is 19.3 Å². The Morgan fingerprint density at radius 3 is 2.59 bits per heavy atom. The lowest BCUT2D eigenvalue weighted by atomic mass is 9.77. The molecular weight excluding hydrogens is 383 g/mol. The molecule has 0 atom stereocenters. The number of halogens is 1. The highest BCUT2D eigenvalue weighted by Crippen LogP contribution is 2.36. The van der Waals surface area contributed by atoms with Crippen LogP contribution in [0.5, 0.6) is 5.75 Å². The first kappa shape index (κ1) is 20.8. The molecule has 156 valence electrons. The first-order valence-electron chi connectivity index (χ1n) is 9.42. The molecule has 1 N–H and O–H groups in total. The van der Waals surface area contributed by atoms with Crippen molar-refractivity contribution in [3.05, 3.63) is 29.6 Å². The molecule has 1 saturated carbocycles. The summed E-state index contributed by atoms with van der Waals surface area (Å²) >= 11 is 0. The van der Waals surface area contributed by atoms with Crippen molar-refractivity contribution in [2.24, 2.45) is 5.92 Å². The van der Waals surface area contributed by atoms with E-state index in [9.17, 15) is 23.6 Å². The lowest BCUT2D eigenvalue weighted by Gasteiger charge is -2.33. The Bertz CT molecular complexity index is 847. The molecule has 0 unspecified atom stereocenters. The number of ketones is 1. The fourth-order valence-electron chi connectivity index (χ4n) is 3.66. The predicted octanol–water partition coefficient (Wildman–Crippen LogP) is 2.06. The molecule has 1 aliphatic carbocycles. The van der Waals surface area contributed by atoms with Gasteiger partial charge in [-0.1, -0.05) is 6.92 Å². The van der Waals surface area contributed by atoms with Crippen LogP contribution in [0.3, 0.4) is 0 Å². The predicted molar refractivity (Wildman–Crippen MR) is 98.8 cm³/mol. The average molecular weight is 406 g/mol. The number of carbonyl (C=O) groups excluding carboxylic acids is 4. The topological polar surface area (TPSA) is 102 Å².